The Balaban J connectivity index is 1.77. The largest absolute Gasteiger partial charge is 0.322 e. The van der Waals surface area contributed by atoms with Gasteiger partial charge in [0.15, 0.2) is 0 Å². The van der Waals surface area contributed by atoms with Crippen molar-refractivity contribution in [3.05, 3.63) is 58.1 Å². The molecule has 22 heavy (non-hydrogen) atoms. The van der Waals surface area contributed by atoms with Crippen molar-refractivity contribution < 1.29 is 4.79 Å². The van der Waals surface area contributed by atoms with E-state index in [0.29, 0.717) is 27.1 Å². The Morgan fingerprint density at radius 2 is 1.73 bits per heavy atom. The third kappa shape index (κ3) is 3.24. The minimum Gasteiger partial charge on any atom is -0.322 e. The molecule has 0 saturated carbocycles. The van der Waals surface area contributed by atoms with Crippen LogP contribution in [0.1, 0.15) is 10.4 Å². The molecule has 6 nitrogen and oxygen atoms in total. The van der Waals surface area contributed by atoms with Crippen LogP contribution in [0.3, 0.4) is 0 Å². The minimum absolute atomic E-state index is 0.266. The van der Waals surface area contributed by atoms with Crippen molar-refractivity contribution in [1.29, 1.82) is 0 Å². The molecule has 1 aromatic heterocycles. The topological polar surface area (TPSA) is 83.6 Å². The summed E-state index contributed by atoms with van der Waals surface area (Å²) in [6, 6.07) is 11.7. The fourth-order valence-corrected chi connectivity index (χ4v) is 2.41. The molecule has 0 saturated heterocycles. The van der Waals surface area contributed by atoms with Gasteiger partial charge in [0.2, 0.25) is 5.82 Å². The van der Waals surface area contributed by atoms with E-state index in [9.17, 15) is 4.79 Å². The fraction of sp³-hybridized carbons (Fsp3) is 0. The van der Waals surface area contributed by atoms with E-state index in [-0.39, 0.29) is 5.91 Å². The predicted molar refractivity (Wildman–Crippen MR) is 84.0 cm³/mol. The summed E-state index contributed by atoms with van der Waals surface area (Å²) in [7, 11) is 0. The van der Waals surface area contributed by atoms with E-state index in [0.717, 1.165) is 5.56 Å². The summed E-state index contributed by atoms with van der Waals surface area (Å²) < 4.78 is 0. The predicted octanol–water partition coefficient (Wildman–Crippen LogP) is 3.43. The molecule has 3 rings (SSSR count). The van der Waals surface area contributed by atoms with Crippen LogP contribution in [-0.2, 0) is 0 Å². The molecule has 0 spiro atoms. The lowest BCUT2D eigenvalue weighted by Crippen LogP contribution is -2.11. The lowest BCUT2D eigenvalue weighted by molar-refractivity contribution is 0.102. The van der Waals surface area contributed by atoms with Crippen molar-refractivity contribution in [2.24, 2.45) is 0 Å². The van der Waals surface area contributed by atoms with Gasteiger partial charge < -0.3 is 5.32 Å². The van der Waals surface area contributed by atoms with Gasteiger partial charge in [0.1, 0.15) is 0 Å². The number of carbonyl (C=O) groups excluding carboxylic acids is 1. The molecule has 1 amide bonds. The fourth-order valence-electron chi connectivity index (χ4n) is 1.88. The van der Waals surface area contributed by atoms with Crippen molar-refractivity contribution in [2.45, 2.75) is 0 Å². The Hall–Kier alpha value is -2.44. The van der Waals surface area contributed by atoms with Crippen molar-refractivity contribution in [3.8, 4) is 11.4 Å². The number of tetrazole rings is 1. The van der Waals surface area contributed by atoms with E-state index < -0.39 is 0 Å². The van der Waals surface area contributed by atoms with Crippen LogP contribution >= 0.6 is 23.2 Å². The SMILES string of the molecule is O=C(Nc1cc(Cl)cc(Cl)c1)c1ccc(-c2nn[nH]n2)cc1. The van der Waals surface area contributed by atoms with Crippen LogP contribution in [0.2, 0.25) is 10.0 Å². The summed E-state index contributed by atoms with van der Waals surface area (Å²) >= 11 is 11.8. The first-order valence-electron chi connectivity index (χ1n) is 6.23. The number of amides is 1. The first-order valence-corrected chi connectivity index (χ1v) is 6.99. The second-order valence-corrected chi connectivity index (χ2v) is 5.30. The van der Waals surface area contributed by atoms with Crippen LogP contribution < -0.4 is 5.32 Å². The zero-order valence-electron chi connectivity index (χ0n) is 11.0. The number of benzene rings is 2. The van der Waals surface area contributed by atoms with Crippen molar-refractivity contribution in [3.63, 3.8) is 0 Å². The Bertz CT molecular complexity index is 782. The Labute approximate surface area is 135 Å². The maximum Gasteiger partial charge on any atom is 0.255 e. The third-order valence-electron chi connectivity index (χ3n) is 2.87. The van der Waals surface area contributed by atoms with Gasteiger partial charge in [-0.2, -0.15) is 5.21 Å². The van der Waals surface area contributed by atoms with Gasteiger partial charge in [-0.1, -0.05) is 35.3 Å². The minimum atomic E-state index is -0.266. The summed E-state index contributed by atoms with van der Waals surface area (Å²) in [6.45, 7) is 0. The zero-order chi connectivity index (χ0) is 15.5. The van der Waals surface area contributed by atoms with E-state index in [4.69, 9.17) is 23.2 Å². The zero-order valence-corrected chi connectivity index (χ0v) is 12.6. The molecule has 0 aliphatic carbocycles. The lowest BCUT2D eigenvalue weighted by Gasteiger charge is -2.06. The smallest absolute Gasteiger partial charge is 0.255 e. The number of carbonyl (C=O) groups is 1. The molecule has 0 atom stereocenters. The van der Waals surface area contributed by atoms with Crippen LogP contribution in [0.25, 0.3) is 11.4 Å². The molecule has 0 unspecified atom stereocenters. The maximum atomic E-state index is 12.2. The molecule has 0 aliphatic heterocycles. The number of hydrogen-bond donors (Lipinski definition) is 2. The normalized spacial score (nSPS) is 10.5. The second-order valence-electron chi connectivity index (χ2n) is 4.43. The summed E-state index contributed by atoms with van der Waals surface area (Å²) in [6.07, 6.45) is 0. The van der Waals surface area contributed by atoms with Gasteiger partial charge in [-0.15, -0.1) is 10.2 Å². The Morgan fingerprint density at radius 1 is 1.05 bits per heavy atom. The number of H-pyrrole nitrogens is 1. The quantitative estimate of drug-likeness (QED) is 0.769. The van der Waals surface area contributed by atoms with Crippen LogP contribution in [0.5, 0.6) is 0 Å². The summed E-state index contributed by atoms with van der Waals surface area (Å²) in [4.78, 5) is 12.2. The van der Waals surface area contributed by atoms with E-state index in [1.165, 1.54) is 0 Å². The molecule has 1 heterocycles. The van der Waals surface area contributed by atoms with Gasteiger partial charge in [-0.25, -0.2) is 0 Å². The van der Waals surface area contributed by atoms with Crippen LogP contribution in [-0.4, -0.2) is 26.5 Å². The highest BCUT2D eigenvalue weighted by atomic mass is 35.5. The number of aromatic amines is 1. The molecule has 8 heteroatoms. The summed E-state index contributed by atoms with van der Waals surface area (Å²) in [5.41, 5.74) is 1.78. The molecule has 0 fully saturated rings. The van der Waals surface area contributed by atoms with Gasteiger partial charge in [-0.3, -0.25) is 4.79 Å². The van der Waals surface area contributed by atoms with Crippen LogP contribution in [0.15, 0.2) is 42.5 Å². The number of anilines is 1. The Kier molecular flexibility index (Phi) is 4.04. The van der Waals surface area contributed by atoms with Crippen LogP contribution in [0.4, 0.5) is 5.69 Å². The van der Waals surface area contributed by atoms with Gasteiger partial charge in [0.05, 0.1) is 0 Å². The molecular formula is C14H9Cl2N5O. The van der Waals surface area contributed by atoms with E-state index >= 15 is 0 Å². The number of nitrogens with one attached hydrogen (secondary N) is 2. The molecule has 2 aromatic carbocycles. The first kappa shape index (κ1) is 14.5. The van der Waals surface area contributed by atoms with E-state index in [1.54, 1.807) is 42.5 Å². The van der Waals surface area contributed by atoms with Crippen molar-refractivity contribution in [2.75, 3.05) is 5.32 Å². The number of nitrogens with zero attached hydrogens (tertiary/aromatic N) is 3. The maximum absolute atomic E-state index is 12.2. The summed E-state index contributed by atoms with van der Waals surface area (Å²) in [5.74, 6) is 0.201. The second kappa shape index (κ2) is 6.13. The van der Waals surface area contributed by atoms with Crippen molar-refractivity contribution in [1.82, 2.24) is 20.6 Å². The first-order chi connectivity index (χ1) is 10.6. The molecule has 3 aromatic rings. The highest BCUT2D eigenvalue weighted by molar-refractivity contribution is 6.35. The number of rotatable bonds is 3. The monoisotopic (exact) mass is 333 g/mol. The van der Waals surface area contributed by atoms with Gasteiger partial charge >= 0.3 is 0 Å². The number of hydrogen-bond acceptors (Lipinski definition) is 4. The van der Waals surface area contributed by atoms with Gasteiger partial charge in [0.25, 0.3) is 5.91 Å². The van der Waals surface area contributed by atoms with Crippen molar-refractivity contribution >= 4 is 34.8 Å². The molecule has 2 N–H and O–H groups in total. The molecule has 0 aliphatic rings. The highest BCUT2D eigenvalue weighted by Gasteiger charge is 2.09. The highest BCUT2D eigenvalue weighted by Crippen LogP contribution is 2.23. The van der Waals surface area contributed by atoms with E-state index in [1.807, 2.05) is 0 Å². The summed E-state index contributed by atoms with van der Waals surface area (Å²) in [5, 5.41) is 17.2. The van der Waals surface area contributed by atoms with E-state index in [2.05, 4.69) is 25.9 Å². The number of aromatic nitrogens is 4. The average Bonchev–Trinajstić information content (AvgIpc) is 3.00. The van der Waals surface area contributed by atoms with Crippen LogP contribution in [0, 0.1) is 0 Å². The number of halogens is 2. The molecule has 0 bridgehead atoms. The molecular weight excluding hydrogens is 325 g/mol. The lowest BCUT2D eigenvalue weighted by atomic mass is 10.1. The Morgan fingerprint density at radius 3 is 2.32 bits per heavy atom. The standard InChI is InChI=1S/C14H9Cl2N5O/c15-10-5-11(16)7-12(6-10)17-14(22)9-3-1-8(2-4-9)13-18-20-21-19-13/h1-7H,(H,17,22)(H,18,19,20,21). The van der Waals surface area contributed by atoms with Gasteiger partial charge in [0, 0.05) is 26.9 Å². The average molecular weight is 334 g/mol. The molecule has 0 radical (unpaired) electrons. The third-order valence-corrected chi connectivity index (χ3v) is 3.31. The molecule has 110 valence electrons. The van der Waals surface area contributed by atoms with Gasteiger partial charge in [-0.05, 0) is 35.5 Å².